The minimum Gasteiger partial charge on any atom is -0.355 e. The Morgan fingerprint density at radius 2 is 1.46 bits per heavy atom. The highest BCUT2D eigenvalue weighted by atomic mass is 35.5. The fraction of sp³-hybridized carbons (Fsp3) is 0.259. The zero-order valence-corrected chi connectivity index (χ0v) is 25.0. The average molecular weight is 631 g/mol. The lowest BCUT2D eigenvalue weighted by Gasteiger charge is -2.34. The van der Waals surface area contributed by atoms with E-state index in [1.54, 1.807) is 25.1 Å². The number of anilines is 1. The molecule has 1 N–H and O–H groups in total. The summed E-state index contributed by atoms with van der Waals surface area (Å²) in [5.74, 6) is -1.08. The lowest BCUT2D eigenvalue weighted by molar-refractivity contribution is -0.140. The first-order valence-corrected chi connectivity index (χ1v) is 15.3. The maximum atomic E-state index is 14.0. The molecule has 0 spiro atoms. The molecule has 3 aromatic rings. The maximum absolute atomic E-state index is 14.0. The summed E-state index contributed by atoms with van der Waals surface area (Å²) in [6.45, 7) is 1.30. The largest absolute Gasteiger partial charge is 0.355 e. The number of halogens is 4. The number of hydrogen-bond acceptors (Lipinski definition) is 4. The van der Waals surface area contributed by atoms with E-state index >= 15 is 0 Å². The lowest BCUT2D eigenvalue weighted by atomic mass is 10.0. The van der Waals surface area contributed by atoms with Crippen LogP contribution in [-0.2, 0) is 32.6 Å². The quantitative estimate of drug-likeness (QED) is 0.288. The first-order chi connectivity index (χ1) is 18.4. The average Bonchev–Trinajstić information content (AvgIpc) is 2.88. The molecule has 39 heavy (non-hydrogen) atoms. The van der Waals surface area contributed by atoms with Crippen molar-refractivity contribution in [2.75, 3.05) is 23.7 Å². The molecule has 0 fully saturated rings. The van der Waals surface area contributed by atoms with Crippen molar-refractivity contribution in [1.82, 2.24) is 10.2 Å². The van der Waals surface area contributed by atoms with Gasteiger partial charge in [-0.3, -0.25) is 13.9 Å². The van der Waals surface area contributed by atoms with Gasteiger partial charge in [-0.15, -0.1) is 0 Å². The number of carbonyl (C=O) groups excluding carboxylic acids is 2. The molecular formula is C27H27Cl4N3O4S. The molecule has 3 aromatic carbocycles. The molecule has 0 unspecified atom stereocenters. The molecule has 0 aliphatic carbocycles. The Balaban J connectivity index is 2.11. The summed E-state index contributed by atoms with van der Waals surface area (Å²) < 4.78 is 26.6. The number of nitrogens with one attached hydrogen (secondary N) is 1. The van der Waals surface area contributed by atoms with Gasteiger partial charge in [0.2, 0.25) is 21.8 Å². The van der Waals surface area contributed by atoms with Crippen LogP contribution in [-0.4, -0.2) is 50.5 Å². The van der Waals surface area contributed by atoms with Crippen molar-refractivity contribution in [3.05, 3.63) is 97.9 Å². The zero-order valence-electron chi connectivity index (χ0n) is 21.2. The molecule has 7 nitrogen and oxygen atoms in total. The number of rotatable bonds is 11. The van der Waals surface area contributed by atoms with E-state index in [2.05, 4.69) is 5.32 Å². The van der Waals surface area contributed by atoms with Gasteiger partial charge in [0.1, 0.15) is 12.6 Å². The van der Waals surface area contributed by atoms with Crippen LogP contribution in [0, 0.1) is 0 Å². The smallest absolute Gasteiger partial charge is 0.244 e. The lowest BCUT2D eigenvalue weighted by Crippen LogP contribution is -2.53. The number of carbonyl (C=O) groups is 2. The normalized spacial score (nSPS) is 12.1. The molecule has 0 radical (unpaired) electrons. The molecule has 0 aliphatic rings. The fourth-order valence-corrected chi connectivity index (χ4v) is 5.80. The van der Waals surface area contributed by atoms with Crippen molar-refractivity contribution in [3.8, 4) is 0 Å². The molecule has 0 aliphatic heterocycles. The Bertz CT molecular complexity index is 1420. The van der Waals surface area contributed by atoms with Crippen LogP contribution in [0.15, 0.2) is 66.7 Å². The highest BCUT2D eigenvalue weighted by Crippen LogP contribution is 2.34. The molecule has 0 aromatic heterocycles. The Morgan fingerprint density at radius 1 is 0.872 bits per heavy atom. The van der Waals surface area contributed by atoms with E-state index in [1.807, 2.05) is 30.3 Å². The topological polar surface area (TPSA) is 86.8 Å². The van der Waals surface area contributed by atoms with Crippen molar-refractivity contribution in [2.45, 2.75) is 25.9 Å². The fourth-order valence-electron chi connectivity index (χ4n) is 3.98. The van der Waals surface area contributed by atoms with Crippen LogP contribution in [0.3, 0.4) is 0 Å². The van der Waals surface area contributed by atoms with Crippen LogP contribution in [0.1, 0.15) is 18.1 Å². The van der Waals surface area contributed by atoms with Crippen LogP contribution in [0.5, 0.6) is 0 Å². The van der Waals surface area contributed by atoms with Gasteiger partial charge in [0, 0.05) is 35.1 Å². The summed E-state index contributed by atoms with van der Waals surface area (Å²) in [6, 6.07) is 17.6. The number of nitrogens with zero attached hydrogens (tertiary/aromatic N) is 2. The third kappa shape index (κ3) is 8.02. The number of hydrogen-bond donors (Lipinski definition) is 1. The first-order valence-electron chi connectivity index (χ1n) is 11.9. The molecule has 0 bridgehead atoms. The number of amides is 2. The van der Waals surface area contributed by atoms with E-state index in [1.165, 1.54) is 23.1 Å². The van der Waals surface area contributed by atoms with Gasteiger partial charge in [-0.1, -0.05) is 88.9 Å². The Labute approximate surface area is 248 Å². The van der Waals surface area contributed by atoms with Crippen molar-refractivity contribution in [2.24, 2.45) is 0 Å². The Hall–Kier alpha value is -2.49. The van der Waals surface area contributed by atoms with E-state index < -0.39 is 34.4 Å². The Morgan fingerprint density at radius 3 is 2.05 bits per heavy atom. The predicted octanol–water partition coefficient (Wildman–Crippen LogP) is 5.84. The van der Waals surface area contributed by atoms with Gasteiger partial charge in [0.15, 0.2) is 0 Å². The zero-order chi connectivity index (χ0) is 28.7. The van der Waals surface area contributed by atoms with Crippen LogP contribution in [0.2, 0.25) is 20.1 Å². The first kappa shape index (κ1) is 31.0. The van der Waals surface area contributed by atoms with E-state index in [-0.39, 0.29) is 28.7 Å². The number of sulfonamides is 1. The van der Waals surface area contributed by atoms with Crippen LogP contribution in [0.4, 0.5) is 5.69 Å². The summed E-state index contributed by atoms with van der Waals surface area (Å²) in [4.78, 5) is 28.7. The number of benzene rings is 3. The Kier molecular flexibility index (Phi) is 10.9. The van der Waals surface area contributed by atoms with Crippen LogP contribution in [0.25, 0.3) is 0 Å². The van der Waals surface area contributed by atoms with E-state index in [9.17, 15) is 18.0 Å². The number of likely N-dealkylation sites (N-methyl/N-ethyl adjacent to an activating group) is 1. The van der Waals surface area contributed by atoms with Crippen molar-refractivity contribution >= 4 is 73.9 Å². The predicted molar refractivity (Wildman–Crippen MR) is 158 cm³/mol. The highest BCUT2D eigenvalue weighted by molar-refractivity contribution is 7.92. The summed E-state index contributed by atoms with van der Waals surface area (Å²) in [5, 5.41) is 3.48. The van der Waals surface area contributed by atoms with Gasteiger partial charge in [-0.25, -0.2) is 8.42 Å². The molecule has 1 atom stereocenters. The van der Waals surface area contributed by atoms with Gasteiger partial charge in [-0.2, -0.15) is 0 Å². The SMILES string of the molecule is CCNC(=O)[C@H](Cc1ccccc1)N(Cc1c(Cl)cccc1Cl)C(=O)CN(c1cccc(Cl)c1Cl)S(C)(=O)=O. The molecule has 208 valence electrons. The summed E-state index contributed by atoms with van der Waals surface area (Å²) >= 11 is 25.3. The molecule has 12 heteroatoms. The van der Waals surface area contributed by atoms with Gasteiger partial charge in [0.25, 0.3) is 0 Å². The van der Waals surface area contributed by atoms with Crippen LogP contribution < -0.4 is 9.62 Å². The second kappa shape index (κ2) is 13.7. The minimum absolute atomic E-state index is 0.0253. The van der Waals surface area contributed by atoms with Gasteiger partial charge in [-0.05, 0) is 36.8 Å². The van der Waals surface area contributed by atoms with Crippen molar-refractivity contribution in [1.29, 1.82) is 0 Å². The van der Waals surface area contributed by atoms with Crippen LogP contribution >= 0.6 is 46.4 Å². The summed E-state index contributed by atoms with van der Waals surface area (Å²) in [7, 11) is -4.00. The van der Waals surface area contributed by atoms with Crippen molar-refractivity contribution in [3.63, 3.8) is 0 Å². The third-order valence-corrected chi connectivity index (χ3v) is 8.53. The molecule has 3 rings (SSSR count). The molecular weight excluding hydrogens is 604 g/mol. The third-order valence-electron chi connectivity index (χ3n) is 5.89. The van der Waals surface area contributed by atoms with Crippen molar-refractivity contribution < 1.29 is 18.0 Å². The molecule has 0 saturated carbocycles. The molecule has 2 amide bonds. The minimum atomic E-state index is -4.00. The highest BCUT2D eigenvalue weighted by Gasteiger charge is 2.34. The maximum Gasteiger partial charge on any atom is 0.244 e. The second-order valence-electron chi connectivity index (χ2n) is 8.66. The monoisotopic (exact) mass is 629 g/mol. The summed E-state index contributed by atoms with van der Waals surface area (Å²) in [6.07, 6.45) is 1.12. The van der Waals surface area contributed by atoms with E-state index in [4.69, 9.17) is 46.4 Å². The van der Waals surface area contributed by atoms with Gasteiger partial charge in [0.05, 0.1) is 22.0 Å². The standard InChI is InChI=1S/C27H27Cl4N3O4S/c1-3-32-27(36)24(15-18-9-5-4-6-10-18)33(16-19-20(28)11-7-12-21(19)29)25(35)17-34(39(2,37)38)23-14-8-13-22(30)26(23)31/h4-14,24H,3,15-17H2,1-2H3,(H,32,36)/t24-/m0/s1. The molecule has 0 heterocycles. The van der Waals surface area contributed by atoms with E-state index in [0.29, 0.717) is 22.2 Å². The van der Waals surface area contributed by atoms with Gasteiger partial charge >= 0.3 is 0 Å². The molecule has 0 saturated heterocycles. The van der Waals surface area contributed by atoms with E-state index in [0.717, 1.165) is 16.1 Å². The summed E-state index contributed by atoms with van der Waals surface area (Å²) in [5.41, 5.74) is 1.26. The van der Waals surface area contributed by atoms with Gasteiger partial charge < -0.3 is 10.2 Å². The second-order valence-corrected chi connectivity index (χ2v) is 12.2.